The highest BCUT2D eigenvalue weighted by atomic mass is 15.1. The Morgan fingerprint density at radius 2 is 1.76 bits per heavy atom. The Labute approximate surface area is 107 Å². The lowest BCUT2D eigenvalue weighted by Gasteiger charge is -2.29. The second kappa shape index (κ2) is 7.38. The highest BCUT2D eigenvalue weighted by Gasteiger charge is 2.17. The lowest BCUT2D eigenvalue weighted by atomic mass is 9.87. The Morgan fingerprint density at radius 1 is 1.00 bits per heavy atom. The van der Waals surface area contributed by atoms with Gasteiger partial charge in [-0.2, -0.15) is 0 Å². The van der Waals surface area contributed by atoms with E-state index in [1.54, 1.807) is 0 Å². The summed E-state index contributed by atoms with van der Waals surface area (Å²) < 4.78 is 0. The van der Waals surface area contributed by atoms with Gasteiger partial charge in [-0.1, -0.05) is 32.1 Å². The van der Waals surface area contributed by atoms with Gasteiger partial charge in [0.05, 0.1) is 0 Å². The van der Waals surface area contributed by atoms with Crippen molar-refractivity contribution in [3.05, 3.63) is 0 Å². The van der Waals surface area contributed by atoms with Crippen molar-refractivity contribution in [2.45, 2.75) is 51.4 Å². The van der Waals surface area contributed by atoms with Gasteiger partial charge in [0, 0.05) is 6.54 Å². The molecular weight excluding hydrogens is 208 g/mol. The highest BCUT2D eigenvalue weighted by Crippen LogP contribution is 2.26. The molecule has 2 aliphatic rings. The maximum Gasteiger partial charge on any atom is 0.00187 e. The third-order valence-electron chi connectivity index (χ3n) is 4.61. The molecular formula is C15H30N2. The molecule has 1 N–H and O–H groups in total. The molecule has 0 spiro atoms. The second-order valence-corrected chi connectivity index (χ2v) is 6.27. The molecule has 0 amide bonds. The molecule has 2 nitrogen and oxygen atoms in total. The largest absolute Gasteiger partial charge is 0.316 e. The topological polar surface area (TPSA) is 15.3 Å². The van der Waals surface area contributed by atoms with Crippen molar-refractivity contribution in [1.29, 1.82) is 0 Å². The number of hydrogen-bond donors (Lipinski definition) is 1. The minimum Gasteiger partial charge on any atom is -0.316 e. The van der Waals surface area contributed by atoms with Gasteiger partial charge < -0.3 is 10.2 Å². The van der Waals surface area contributed by atoms with E-state index in [4.69, 9.17) is 0 Å². The summed E-state index contributed by atoms with van der Waals surface area (Å²) in [5.41, 5.74) is 0. The normalized spacial score (nSPS) is 27.5. The van der Waals surface area contributed by atoms with E-state index >= 15 is 0 Å². The van der Waals surface area contributed by atoms with E-state index in [0.29, 0.717) is 0 Å². The lowest BCUT2D eigenvalue weighted by molar-refractivity contribution is 0.218. The van der Waals surface area contributed by atoms with Crippen molar-refractivity contribution in [3.63, 3.8) is 0 Å². The third kappa shape index (κ3) is 4.97. The molecule has 17 heavy (non-hydrogen) atoms. The van der Waals surface area contributed by atoms with Crippen LogP contribution in [-0.2, 0) is 0 Å². The van der Waals surface area contributed by atoms with Crippen LogP contribution >= 0.6 is 0 Å². The fourth-order valence-electron chi connectivity index (χ4n) is 3.49. The summed E-state index contributed by atoms with van der Waals surface area (Å²) in [5, 5.41) is 3.52. The monoisotopic (exact) mass is 238 g/mol. The van der Waals surface area contributed by atoms with Crippen LogP contribution in [0.3, 0.4) is 0 Å². The smallest absolute Gasteiger partial charge is 0.00187 e. The molecule has 1 aliphatic heterocycles. The molecule has 1 aliphatic carbocycles. The molecule has 1 saturated heterocycles. The molecule has 2 heteroatoms. The number of piperidine rings is 1. The van der Waals surface area contributed by atoms with Crippen molar-refractivity contribution in [2.75, 3.05) is 33.2 Å². The summed E-state index contributed by atoms with van der Waals surface area (Å²) >= 11 is 0. The molecule has 0 radical (unpaired) electrons. The van der Waals surface area contributed by atoms with Gasteiger partial charge >= 0.3 is 0 Å². The van der Waals surface area contributed by atoms with Crippen molar-refractivity contribution < 1.29 is 0 Å². The average molecular weight is 238 g/mol. The van der Waals surface area contributed by atoms with Crippen molar-refractivity contribution in [3.8, 4) is 0 Å². The minimum absolute atomic E-state index is 0.903. The fourth-order valence-corrected chi connectivity index (χ4v) is 3.49. The molecule has 2 rings (SSSR count). The van der Waals surface area contributed by atoms with Crippen LogP contribution in [0.5, 0.6) is 0 Å². The standard InChI is InChI=1S/C15H30N2/c1-17(13-15-8-5-10-16-12-15)11-9-14-6-3-2-4-7-14/h14-16H,2-13H2,1H3. The van der Waals surface area contributed by atoms with E-state index in [0.717, 1.165) is 11.8 Å². The van der Waals surface area contributed by atoms with Crippen molar-refractivity contribution in [1.82, 2.24) is 10.2 Å². The Morgan fingerprint density at radius 3 is 2.47 bits per heavy atom. The fraction of sp³-hybridized carbons (Fsp3) is 1.00. The number of nitrogens with one attached hydrogen (secondary N) is 1. The summed E-state index contributed by atoms with van der Waals surface area (Å²) in [6, 6.07) is 0. The van der Waals surface area contributed by atoms with E-state index in [2.05, 4.69) is 17.3 Å². The van der Waals surface area contributed by atoms with Gasteiger partial charge in [0.15, 0.2) is 0 Å². The average Bonchev–Trinajstić information content (AvgIpc) is 2.39. The van der Waals surface area contributed by atoms with Crippen LogP contribution in [0, 0.1) is 11.8 Å². The molecule has 2 fully saturated rings. The van der Waals surface area contributed by atoms with Gasteiger partial charge in [-0.15, -0.1) is 0 Å². The van der Waals surface area contributed by atoms with Gasteiger partial charge in [-0.05, 0) is 57.8 Å². The lowest BCUT2D eigenvalue weighted by Crippen LogP contribution is -2.37. The predicted octanol–water partition coefficient (Wildman–Crippen LogP) is 2.89. The first-order valence-electron chi connectivity index (χ1n) is 7.74. The maximum atomic E-state index is 3.52. The van der Waals surface area contributed by atoms with E-state index in [1.807, 2.05) is 0 Å². The maximum absolute atomic E-state index is 3.52. The van der Waals surface area contributed by atoms with Crippen LogP contribution < -0.4 is 5.32 Å². The van der Waals surface area contributed by atoms with Crippen molar-refractivity contribution in [2.24, 2.45) is 11.8 Å². The van der Waals surface area contributed by atoms with Gasteiger partial charge in [-0.3, -0.25) is 0 Å². The van der Waals surface area contributed by atoms with E-state index in [-0.39, 0.29) is 0 Å². The molecule has 0 aromatic heterocycles. The first-order chi connectivity index (χ1) is 8.34. The van der Waals surface area contributed by atoms with Gasteiger partial charge in [-0.25, -0.2) is 0 Å². The first-order valence-corrected chi connectivity index (χ1v) is 7.74. The zero-order valence-electron chi connectivity index (χ0n) is 11.6. The van der Waals surface area contributed by atoms with Crippen LogP contribution in [0.25, 0.3) is 0 Å². The quantitative estimate of drug-likeness (QED) is 0.792. The Kier molecular flexibility index (Phi) is 5.79. The van der Waals surface area contributed by atoms with Crippen LogP contribution in [0.2, 0.25) is 0 Å². The van der Waals surface area contributed by atoms with Crippen LogP contribution in [0.4, 0.5) is 0 Å². The number of rotatable bonds is 5. The summed E-state index contributed by atoms with van der Waals surface area (Å²) in [7, 11) is 2.32. The molecule has 0 aromatic rings. The Hall–Kier alpha value is -0.0800. The number of nitrogens with zero attached hydrogens (tertiary/aromatic N) is 1. The highest BCUT2D eigenvalue weighted by molar-refractivity contribution is 4.73. The summed E-state index contributed by atoms with van der Waals surface area (Å²) in [5.74, 6) is 1.94. The molecule has 1 saturated carbocycles. The summed E-state index contributed by atoms with van der Waals surface area (Å²) in [6.07, 6.45) is 11.7. The van der Waals surface area contributed by atoms with E-state index in [1.165, 1.54) is 77.5 Å². The zero-order chi connectivity index (χ0) is 11.9. The Bertz CT molecular complexity index is 193. The SMILES string of the molecule is CN(CCC1CCCCC1)CC1CCCNC1. The molecule has 1 atom stereocenters. The number of hydrogen-bond acceptors (Lipinski definition) is 2. The van der Waals surface area contributed by atoms with Gasteiger partial charge in [0.1, 0.15) is 0 Å². The van der Waals surface area contributed by atoms with Crippen molar-refractivity contribution >= 4 is 0 Å². The van der Waals surface area contributed by atoms with Crippen LogP contribution in [0.1, 0.15) is 51.4 Å². The van der Waals surface area contributed by atoms with Crippen LogP contribution in [-0.4, -0.2) is 38.1 Å². The molecule has 0 aromatic carbocycles. The second-order valence-electron chi connectivity index (χ2n) is 6.27. The Balaban J connectivity index is 1.57. The molecule has 0 bridgehead atoms. The van der Waals surface area contributed by atoms with Gasteiger partial charge in [0.25, 0.3) is 0 Å². The molecule has 1 heterocycles. The van der Waals surface area contributed by atoms with E-state index in [9.17, 15) is 0 Å². The zero-order valence-corrected chi connectivity index (χ0v) is 11.6. The summed E-state index contributed by atoms with van der Waals surface area (Å²) in [6.45, 7) is 5.11. The van der Waals surface area contributed by atoms with Gasteiger partial charge in [0.2, 0.25) is 0 Å². The molecule has 100 valence electrons. The predicted molar refractivity (Wildman–Crippen MR) is 74.3 cm³/mol. The first kappa shape index (κ1) is 13.4. The summed E-state index contributed by atoms with van der Waals surface area (Å²) in [4.78, 5) is 2.58. The third-order valence-corrected chi connectivity index (χ3v) is 4.61. The van der Waals surface area contributed by atoms with E-state index < -0.39 is 0 Å². The molecule has 1 unspecified atom stereocenters. The van der Waals surface area contributed by atoms with Crippen LogP contribution in [0.15, 0.2) is 0 Å². The minimum atomic E-state index is 0.903.